The standard InChI is InChI=1S/C25H31NO6.C2H6/c1-15-13-26(14-16(2)32-15)21(27)11-10-18-6-8-19(9-7-18)12-20-17(3)22(28)24(30-4)25(31-5)23(20)29;1-2/h6-9,15-16H,10-14H2,1-5H3;1-2H3. The Labute approximate surface area is 202 Å². The molecule has 1 aromatic carbocycles. The molecule has 34 heavy (non-hydrogen) atoms. The zero-order chi connectivity index (χ0) is 25.4. The number of morpholine rings is 1. The number of ether oxygens (including phenoxy) is 3. The molecule has 2 atom stereocenters. The Kier molecular flexibility index (Phi) is 10.1. The topological polar surface area (TPSA) is 82.1 Å². The highest BCUT2D eigenvalue weighted by Gasteiger charge is 2.34. The van der Waals surface area contributed by atoms with E-state index in [0.29, 0.717) is 43.5 Å². The van der Waals surface area contributed by atoms with Gasteiger partial charge in [0.1, 0.15) is 0 Å². The van der Waals surface area contributed by atoms with E-state index >= 15 is 0 Å². The Bertz CT molecular complexity index is 950. The van der Waals surface area contributed by atoms with E-state index in [9.17, 15) is 14.4 Å². The van der Waals surface area contributed by atoms with Crippen LogP contribution < -0.4 is 0 Å². The molecule has 7 nitrogen and oxygen atoms in total. The van der Waals surface area contributed by atoms with Crippen LogP contribution in [0.1, 0.15) is 52.2 Å². The predicted molar refractivity (Wildman–Crippen MR) is 130 cm³/mol. The fourth-order valence-electron chi connectivity index (χ4n) is 4.22. The van der Waals surface area contributed by atoms with Gasteiger partial charge in [-0.1, -0.05) is 38.1 Å². The Morgan fingerprint density at radius 2 is 1.44 bits per heavy atom. The first-order valence-corrected chi connectivity index (χ1v) is 11.9. The maximum Gasteiger partial charge on any atom is 0.228 e. The zero-order valence-corrected chi connectivity index (χ0v) is 21.4. The van der Waals surface area contributed by atoms with Crippen molar-refractivity contribution in [3.8, 4) is 0 Å². The van der Waals surface area contributed by atoms with Crippen molar-refractivity contribution in [3.63, 3.8) is 0 Å². The lowest BCUT2D eigenvalue weighted by atomic mass is 9.88. The smallest absolute Gasteiger partial charge is 0.228 e. The molecule has 7 heteroatoms. The van der Waals surface area contributed by atoms with Gasteiger partial charge in [0.15, 0.2) is 0 Å². The molecule has 1 aliphatic heterocycles. The number of carbonyl (C=O) groups excluding carboxylic acids is 3. The lowest BCUT2D eigenvalue weighted by Crippen LogP contribution is -2.48. The van der Waals surface area contributed by atoms with E-state index in [1.165, 1.54) is 14.2 Å². The molecular weight excluding hydrogens is 434 g/mol. The molecule has 3 rings (SSSR count). The van der Waals surface area contributed by atoms with Gasteiger partial charge in [0.25, 0.3) is 0 Å². The van der Waals surface area contributed by atoms with Crippen LogP contribution >= 0.6 is 0 Å². The maximum absolute atomic E-state index is 12.8. The summed E-state index contributed by atoms with van der Waals surface area (Å²) in [6, 6.07) is 7.79. The molecule has 2 unspecified atom stereocenters. The number of aryl methyl sites for hydroxylation is 1. The average molecular weight is 472 g/mol. The van der Waals surface area contributed by atoms with Crippen LogP contribution in [0.5, 0.6) is 0 Å². The first kappa shape index (κ1) is 27.3. The summed E-state index contributed by atoms with van der Waals surface area (Å²) >= 11 is 0. The Hall–Kier alpha value is -2.93. The highest BCUT2D eigenvalue weighted by molar-refractivity contribution is 6.23. The van der Waals surface area contributed by atoms with E-state index in [0.717, 1.165) is 11.1 Å². The minimum Gasteiger partial charge on any atom is -0.489 e. The van der Waals surface area contributed by atoms with Crippen LogP contribution in [0.25, 0.3) is 0 Å². The van der Waals surface area contributed by atoms with Crippen LogP contribution in [0.15, 0.2) is 46.9 Å². The minimum atomic E-state index is -0.333. The van der Waals surface area contributed by atoms with E-state index in [2.05, 4.69) is 0 Å². The van der Waals surface area contributed by atoms with Crippen molar-refractivity contribution >= 4 is 17.5 Å². The lowest BCUT2D eigenvalue weighted by molar-refractivity contribution is -0.143. The van der Waals surface area contributed by atoms with Gasteiger partial charge in [-0.05, 0) is 38.3 Å². The van der Waals surface area contributed by atoms with Gasteiger partial charge in [-0.2, -0.15) is 0 Å². The molecule has 2 aliphatic rings. The number of rotatable bonds is 7. The quantitative estimate of drug-likeness (QED) is 0.563. The molecule has 1 aliphatic carbocycles. The number of carbonyl (C=O) groups is 3. The van der Waals surface area contributed by atoms with Crippen molar-refractivity contribution in [1.82, 2.24) is 4.90 Å². The fraction of sp³-hybridized carbons (Fsp3) is 0.519. The van der Waals surface area contributed by atoms with Crippen LogP contribution in [0.2, 0.25) is 0 Å². The van der Waals surface area contributed by atoms with Crippen molar-refractivity contribution in [1.29, 1.82) is 0 Å². The molecule has 0 N–H and O–H groups in total. The lowest BCUT2D eigenvalue weighted by Gasteiger charge is -2.35. The molecule has 1 aromatic rings. The molecule has 0 bridgehead atoms. The number of allylic oxidation sites excluding steroid dienone is 2. The third-order valence-corrected chi connectivity index (χ3v) is 5.90. The molecule has 1 heterocycles. The summed E-state index contributed by atoms with van der Waals surface area (Å²) in [5.74, 6) is -0.635. The summed E-state index contributed by atoms with van der Waals surface area (Å²) < 4.78 is 15.9. The number of ketones is 2. The molecule has 0 spiro atoms. The molecule has 1 saturated heterocycles. The summed E-state index contributed by atoms with van der Waals surface area (Å²) in [5.41, 5.74) is 2.73. The van der Waals surface area contributed by atoms with Gasteiger partial charge < -0.3 is 19.1 Å². The Balaban J connectivity index is 0.00000199. The summed E-state index contributed by atoms with van der Waals surface area (Å²) in [7, 11) is 2.70. The Morgan fingerprint density at radius 1 is 0.941 bits per heavy atom. The third-order valence-electron chi connectivity index (χ3n) is 5.90. The van der Waals surface area contributed by atoms with Gasteiger partial charge in [0.05, 0.1) is 26.4 Å². The summed E-state index contributed by atoms with van der Waals surface area (Å²) in [6.07, 6.45) is 1.53. The van der Waals surface area contributed by atoms with E-state index in [4.69, 9.17) is 14.2 Å². The second kappa shape index (κ2) is 12.5. The molecular formula is C27H37NO6. The number of hydrogen-bond acceptors (Lipinski definition) is 6. The molecule has 0 aromatic heterocycles. The highest BCUT2D eigenvalue weighted by atomic mass is 16.5. The predicted octanol–water partition coefficient (Wildman–Crippen LogP) is 3.80. The first-order chi connectivity index (χ1) is 16.2. The number of amides is 1. The van der Waals surface area contributed by atoms with E-state index < -0.39 is 0 Å². The molecule has 0 saturated carbocycles. The SMILES string of the molecule is CC.COC1=C(OC)C(=O)C(Cc2ccc(CCC(=O)N3CC(C)OC(C)C3)cc2)=C(C)C1=O. The fourth-order valence-corrected chi connectivity index (χ4v) is 4.22. The van der Waals surface area contributed by atoms with Gasteiger partial charge in [0.2, 0.25) is 29.0 Å². The molecule has 1 fully saturated rings. The monoisotopic (exact) mass is 471 g/mol. The summed E-state index contributed by atoms with van der Waals surface area (Å²) in [5, 5.41) is 0. The van der Waals surface area contributed by atoms with Crippen LogP contribution in [0, 0.1) is 0 Å². The van der Waals surface area contributed by atoms with Crippen molar-refractivity contribution in [2.75, 3.05) is 27.3 Å². The maximum atomic E-state index is 12.8. The van der Waals surface area contributed by atoms with Gasteiger partial charge in [0, 0.05) is 37.1 Å². The molecule has 1 amide bonds. The van der Waals surface area contributed by atoms with Crippen LogP contribution in [0.3, 0.4) is 0 Å². The first-order valence-electron chi connectivity index (χ1n) is 11.9. The second-order valence-electron chi connectivity index (χ2n) is 8.38. The molecule has 0 radical (unpaired) electrons. The van der Waals surface area contributed by atoms with Gasteiger partial charge >= 0.3 is 0 Å². The Morgan fingerprint density at radius 3 is 1.97 bits per heavy atom. The summed E-state index contributed by atoms with van der Waals surface area (Å²) in [6.45, 7) is 10.9. The minimum absolute atomic E-state index is 0.0529. The number of benzene rings is 1. The third kappa shape index (κ3) is 6.35. The van der Waals surface area contributed by atoms with Crippen LogP contribution in [-0.4, -0.2) is 61.9 Å². The number of hydrogen-bond donors (Lipinski definition) is 0. The van der Waals surface area contributed by atoms with Crippen molar-refractivity contribution in [2.24, 2.45) is 0 Å². The summed E-state index contributed by atoms with van der Waals surface area (Å²) in [4.78, 5) is 39.8. The van der Waals surface area contributed by atoms with E-state index in [-0.39, 0.29) is 41.2 Å². The number of methoxy groups -OCH3 is 2. The normalized spacial score (nSPS) is 20.7. The zero-order valence-electron chi connectivity index (χ0n) is 21.4. The van der Waals surface area contributed by atoms with Gasteiger partial charge in [-0.3, -0.25) is 14.4 Å². The average Bonchev–Trinajstić information content (AvgIpc) is 2.83. The number of Topliss-reactive ketones (excluding diaryl/α,β-unsaturated/α-hetero) is 2. The number of nitrogens with zero attached hydrogens (tertiary/aromatic N) is 1. The second-order valence-corrected chi connectivity index (χ2v) is 8.38. The van der Waals surface area contributed by atoms with Gasteiger partial charge in [-0.15, -0.1) is 0 Å². The van der Waals surface area contributed by atoms with E-state index in [1.807, 2.05) is 56.9 Å². The largest absolute Gasteiger partial charge is 0.489 e. The van der Waals surface area contributed by atoms with Crippen molar-refractivity contribution < 1.29 is 28.6 Å². The molecule has 186 valence electrons. The van der Waals surface area contributed by atoms with Crippen LogP contribution in [0.4, 0.5) is 0 Å². The highest BCUT2D eigenvalue weighted by Crippen LogP contribution is 2.28. The van der Waals surface area contributed by atoms with Crippen molar-refractivity contribution in [3.05, 3.63) is 58.1 Å². The van der Waals surface area contributed by atoms with E-state index in [1.54, 1.807) is 6.92 Å². The van der Waals surface area contributed by atoms with Crippen molar-refractivity contribution in [2.45, 2.75) is 66.1 Å². The van der Waals surface area contributed by atoms with Crippen LogP contribution in [-0.2, 0) is 41.4 Å². The van der Waals surface area contributed by atoms with Gasteiger partial charge in [-0.25, -0.2) is 0 Å².